The number of hydrogen-bond donors (Lipinski definition) is 0. The van der Waals surface area contributed by atoms with Crippen molar-refractivity contribution >= 4 is 8.80 Å². The van der Waals surface area contributed by atoms with Crippen LogP contribution in [0.25, 0.3) is 0 Å². The second-order valence-corrected chi connectivity index (χ2v) is 6.77. The molecule has 0 aromatic heterocycles. The standard InChI is InChI=1S/C10H23Si/c1-5-8-11(9-6-2)10(4)7-3/h10H,5-9H2,1-4H3. The number of rotatable bonds is 6. The molecule has 0 N–H and O–H groups in total. The third kappa shape index (κ3) is 4.62. The molecule has 67 valence electrons. The van der Waals surface area contributed by atoms with Gasteiger partial charge in [0, 0.05) is 0 Å². The fourth-order valence-corrected chi connectivity index (χ4v) is 4.65. The second-order valence-electron chi connectivity index (χ2n) is 3.47. The minimum atomic E-state index is 0.0249. The Morgan fingerprint density at radius 1 is 1.00 bits per heavy atom. The summed E-state index contributed by atoms with van der Waals surface area (Å²) in [6.07, 6.45) is 4.20. The Labute approximate surface area is 74.0 Å². The van der Waals surface area contributed by atoms with Gasteiger partial charge in [-0.2, -0.15) is 0 Å². The van der Waals surface area contributed by atoms with Crippen LogP contribution in [0.1, 0.15) is 47.0 Å². The van der Waals surface area contributed by atoms with Gasteiger partial charge in [0.25, 0.3) is 0 Å². The number of hydrogen-bond acceptors (Lipinski definition) is 0. The van der Waals surface area contributed by atoms with Crippen LogP contribution in [0.4, 0.5) is 0 Å². The van der Waals surface area contributed by atoms with Crippen molar-refractivity contribution in [1.82, 2.24) is 0 Å². The van der Waals surface area contributed by atoms with E-state index in [4.69, 9.17) is 0 Å². The highest BCUT2D eigenvalue weighted by Crippen LogP contribution is 2.22. The summed E-state index contributed by atoms with van der Waals surface area (Å²) in [7, 11) is 0.0249. The van der Waals surface area contributed by atoms with E-state index in [0.29, 0.717) is 0 Å². The van der Waals surface area contributed by atoms with Crippen molar-refractivity contribution in [2.75, 3.05) is 0 Å². The largest absolute Gasteiger partial charge is 0.0657 e. The first-order valence-electron chi connectivity index (χ1n) is 5.10. The van der Waals surface area contributed by atoms with Crippen LogP contribution in [-0.4, -0.2) is 8.80 Å². The Bertz CT molecular complexity index is 74.9. The molecule has 0 aliphatic rings. The van der Waals surface area contributed by atoms with Gasteiger partial charge < -0.3 is 0 Å². The van der Waals surface area contributed by atoms with Crippen molar-refractivity contribution in [3.8, 4) is 0 Å². The molecule has 1 heteroatoms. The Hall–Kier alpha value is 0.217. The third-order valence-corrected chi connectivity index (χ3v) is 6.54. The van der Waals surface area contributed by atoms with Crippen LogP contribution >= 0.6 is 0 Å². The Kier molecular flexibility index (Phi) is 7.03. The molecule has 0 bridgehead atoms. The predicted molar refractivity (Wildman–Crippen MR) is 55.7 cm³/mol. The molecule has 11 heavy (non-hydrogen) atoms. The molecule has 0 aromatic rings. The van der Waals surface area contributed by atoms with Gasteiger partial charge in [-0.25, -0.2) is 0 Å². The second kappa shape index (κ2) is 6.90. The Balaban J connectivity index is 3.66. The summed E-state index contributed by atoms with van der Waals surface area (Å²) in [6.45, 7) is 9.42. The zero-order valence-electron chi connectivity index (χ0n) is 8.61. The molecule has 0 saturated carbocycles. The van der Waals surface area contributed by atoms with E-state index in [1.165, 1.54) is 31.4 Å². The molecule has 0 aromatic carbocycles. The van der Waals surface area contributed by atoms with Gasteiger partial charge >= 0.3 is 0 Å². The van der Waals surface area contributed by atoms with E-state index in [2.05, 4.69) is 27.7 Å². The monoisotopic (exact) mass is 171 g/mol. The molecule has 1 unspecified atom stereocenters. The lowest BCUT2D eigenvalue weighted by molar-refractivity contribution is 0.823. The molecule has 0 rings (SSSR count). The fraction of sp³-hybridized carbons (Fsp3) is 1.00. The van der Waals surface area contributed by atoms with Crippen LogP contribution in [0.5, 0.6) is 0 Å². The average molecular weight is 171 g/mol. The van der Waals surface area contributed by atoms with Gasteiger partial charge in [-0.15, -0.1) is 0 Å². The van der Waals surface area contributed by atoms with E-state index in [9.17, 15) is 0 Å². The lowest BCUT2D eigenvalue weighted by atomic mass is 10.4. The van der Waals surface area contributed by atoms with Crippen LogP contribution in [0.2, 0.25) is 17.6 Å². The zero-order chi connectivity index (χ0) is 8.69. The predicted octanol–water partition coefficient (Wildman–Crippen LogP) is 4.10. The molecule has 0 aliphatic carbocycles. The topological polar surface area (TPSA) is 0 Å². The summed E-state index contributed by atoms with van der Waals surface area (Å²) < 4.78 is 0. The minimum absolute atomic E-state index is 0.0249. The van der Waals surface area contributed by atoms with Crippen molar-refractivity contribution in [3.05, 3.63) is 0 Å². The van der Waals surface area contributed by atoms with Gasteiger partial charge in [0.05, 0.1) is 8.80 Å². The maximum atomic E-state index is 2.44. The summed E-state index contributed by atoms with van der Waals surface area (Å²) in [6, 6.07) is 3.07. The van der Waals surface area contributed by atoms with Crippen LogP contribution in [-0.2, 0) is 0 Å². The van der Waals surface area contributed by atoms with Crippen LogP contribution in [0.15, 0.2) is 0 Å². The summed E-state index contributed by atoms with van der Waals surface area (Å²) in [5.41, 5.74) is 1.04. The van der Waals surface area contributed by atoms with Crippen molar-refractivity contribution in [2.45, 2.75) is 64.6 Å². The quantitative estimate of drug-likeness (QED) is 0.528. The molecule has 0 amide bonds. The lowest BCUT2D eigenvalue weighted by Crippen LogP contribution is -2.17. The van der Waals surface area contributed by atoms with E-state index < -0.39 is 0 Å². The SMILES string of the molecule is CCC[Si](CCC)C(C)CC. The van der Waals surface area contributed by atoms with Crippen LogP contribution in [0.3, 0.4) is 0 Å². The van der Waals surface area contributed by atoms with Gasteiger partial charge in [0.1, 0.15) is 0 Å². The first kappa shape index (κ1) is 11.2. The lowest BCUT2D eigenvalue weighted by Gasteiger charge is -2.19. The molecule has 0 nitrogen and oxygen atoms in total. The van der Waals surface area contributed by atoms with Crippen LogP contribution < -0.4 is 0 Å². The first-order chi connectivity index (χ1) is 5.26. The van der Waals surface area contributed by atoms with E-state index in [0.717, 1.165) is 5.54 Å². The normalized spacial score (nSPS) is 13.9. The Morgan fingerprint density at radius 3 is 1.73 bits per heavy atom. The van der Waals surface area contributed by atoms with Crippen LogP contribution in [0, 0.1) is 0 Å². The van der Waals surface area contributed by atoms with Gasteiger partial charge in [-0.3, -0.25) is 0 Å². The fourth-order valence-electron chi connectivity index (χ4n) is 1.55. The van der Waals surface area contributed by atoms with Gasteiger partial charge in [-0.05, 0) is 0 Å². The zero-order valence-corrected chi connectivity index (χ0v) is 9.61. The van der Waals surface area contributed by atoms with Crippen molar-refractivity contribution in [2.24, 2.45) is 0 Å². The van der Waals surface area contributed by atoms with E-state index in [1.807, 2.05) is 0 Å². The van der Waals surface area contributed by atoms with Crippen molar-refractivity contribution in [1.29, 1.82) is 0 Å². The molecule has 1 atom stereocenters. The summed E-state index contributed by atoms with van der Waals surface area (Å²) in [4.78, 5) is 0. The average Bonchev–Trinajstić information content (AvgIpc) is 2.03. The van der Waals surface area contributed by atoms with Gasteiger partial charge in [-0.1, -0.05) is 64.6 Å². The molecule has 0 saturated heterocycles. The molecule has 0 fully saturated rings. The van der Waals surface area contributed by atoms with E-state index in [-0.39, 0.29) is 8.80 Å². The molecular formula is C10H23Si. The van der Waals surface area contributed by atoms with Crippen molar-refractivity contribution in [3.63, 3.8) is 0 Å². The van der Waals surface area contributed by atoms with Gasteiger partial charge in [0.15, 0.2) is 0 Å². The third-order valence-electron chi connectivity index (χ3n) is 2.45. The van der Waals surface area contributed by atoms with Crippen molar-refractivity contribution < 1.29 is 0 Å². The van der Waals surface area contributed by atoms with E-state index >= 15 is 0 Å². The highest BCUT2D eigenvalue weighted by Gasteiger charge is 2.15. The molecular weight excluding hydrogens is 148 g/mol. The highest BCUT2D eigenvalue weighted by molar-refractivity contribution is 6.60. The smallest absolute Gasteiger partial charge is 0.0509 e. The maximum absolute atomic E-state index is 2.44. The Morgan fingerprint density at radius 2 is 1.45 bits per heavy atom. The molecule has 1 radical (unpaired) electrons. The van der Waals surface area contributed by atoms with E-state index in [1.54, 1.807) is 0 Å². The summed E-state index contributed by atoms with van der Waals surface area (Å²) >= 11 is 0. The molecule has 0 heterocycles. The summed E-state index contributed by atoms with van der Waals surface area (Å²) in [5.74, 6) is 0. The first-order valence-corrected chi connectivity index (χ1v) is 7.09. The molecule has 0 spiro atoms. The minimum Gasteiger partial charge on any atom is -0.0657 e. The van der Waals surface area contributed by atoms with Gasteiger partial charge in [0.2, 0.25) is 0 Å². The molecule has 0 aliphatic heterocycles. The maximum Gasteiger partial charge on any atom is 0.0509 e. The highest BCUT2D eigenvalue weighted by atomic mass is 28.3. The summed E-state index contributed by atoms with van der Waals surface area (Å²) in [5, 5.41) is 0.